The molecular formula is C14H14N2O4S. The van der Waals surface area contributed by atoms with E-state index in [0.717, 1.165) is 0 Å². The van der Waals surface area contributed by atoms with Gasteiger partial charge in [0.1, 0.15) is 0 Å². The van der Waals surface area contributed by atoms with Gasteiger partial charge in [0.2, 0.25) is 0 Å². The summed E-state index contributed by atoms with van der Waals surface area (Å²) in [6.07, 6.45) is 0. The van der Waals surface area contributed by atoms with E-state index in [1.807, 2.05) is 0 Å². The predicted molar refractivity (Wildman–Crippen MR) is 79.4 cm³/mol. The van der Waals surface area contributed by atoms with E-state index >= 15 is 0 Å². The molecule has 2 aromatic carbocycles. The van der Waals surface area contributed by atoms with Crippen molar-refractivity contribution in [2.24, 2.45) is 0 Å². The Morgan fingerprint density at radius 1 is 1.14 bits per heavy atom. The molecule has 0 spiro atoms. The summed E-state index contributed by atoms with van der Waals surface area (Å²) in [5.41, 5.74) is 6.11. The minimum Gasteiger partial charge on any atom is -0.465 e. The van der Waals surface area contributed by atoms with Crippen molar-refractivity contribution in [1.82, 2.24) is 0 Å². The number of hydrogen-bond acceptors (Lipinski definition) is 5. The summed E-state index contributed by atoms with van der Waals surface area (Å²) in [5.74, 6) is -0.673. The second-order valence-electron chi connectivity index (χ2n) is 4.22. The summed E-state index contributed by atoms with van der Waals surface area (Å²) in [6.45, 7) is 0. The SMILES string of the molecule is COC(=O)c1cc(N)ccc1NS(=O)(=O)c1ccccc1. The fraction of sp³-hybridized carbons (Fsp3) is 0.0714. The molecule has 21 heavy (non-hydrogen) atoms. The molecule has 0 radical (unpaired) electrons. The number of rotatable bonds is 4. The third-order valence-corrected chi connectivity index (χ3v) is 4.13. The van der Waals surface area contributed by atoms with E-state index in [2.05, 4.69) is 9.46 Å². The predicted octanol–water partition coefficient (Wildman–Crippen LogP) is 1.86. The number of nitrogens with one attached hydrogen (secondary N) is 1. The van der Waals surface area contributed by atoms with E-state index in [9.17, 15) is 13.2 Å². The first-order chi connectivity index (χ1) is 9.94. The normalized spacial score (nSPS) is 10.9. The Balaban J connectivity index is 2.42. The molecule has 0 aliphatic heterocycles. The molecule has 0 atom stereocenters. The Kier molecular flexibility index (Phi) is 4.13. The largest absolute Gasteiger partial charge is 0.465 e. The Labute approximate surface area is 122 Å². The van der Waals surface area contributed by atoms with E-state index in [1.54, 1.807) is 18.2 Å². The summed E-state index contributed by atoms with van der Waals surface area (Å²) in [5, 5.41) is 0. The van der Waals surface area contributed by atoms with Gasteiger partial charge in [0.25, 0.3) is 10.0 Å². The molecule has 0 bridgehead atoms. The van der Waals surface area contributed by atoms with Gasteiger partial charge in [-0.3, -0.25) is 4.72 Å². The van der Waals surface area contributed by atoms with Crippen molar-refractivity contribution < 1.29 is 17.9 Å². The topological polar surface area (TPSA) is 98.5 Å². The number of sulfonamides is 1. The van der Waals surface area contributed by atoms with E-state index in [0.29, 0.717) is 5.69 Å². The van der Waals surface area contributed by atoms with Gasteiger partial charge in [-0.2, -0.15) is 0 Å². The van der Waals surface area contributed by atoms with Crippen molar-refractivity contribution in [2.75, 3.05) is 17.6 Å². The van der Waals surface area contributed by atoms with Gasteiger partial charge in [-0.1, -0.05) is 18.2 Å². The van der Waals surface area contributed by atoms with Gasteiger partial charge in [0.15, 0.2) is 0 Å². The number of nitrogens with two attached hydrogens (primary N) is 1. The Bertz CT molecular complexity index is 758. The van der Waals surface area contributed by atoms with Crippen LogP contribution in [0.1, 0.15) is 10.4 Å². The zero-order valence-electron chi connectivity index (χ0n) is 11.2. The molecule has 7 heteroatoms. The van der Waals surface area contributed by atoms with Crippen LogP contribution < -0.4 is 10.5 Å². The van der Waals surface area contributed by atoms with Gasteiger partial charge in [-0.25, -0.2) is 13.2 Å². The molecule has 6 nitrogen and oxygen atoms in total. The maximum absolute atomic E-state index is 12.3. The van der Waals surface area contributed by atoms with Gasteiger partial charge in [-0.15, -0.1) is 0 Å². The van der Waals surface area contributed by atoms with Gasteiger partial charge in [0, 0.05) is 5.69 Å². The number of nitrogen functional groups attached to an aromatic ring is 1. The standard InChI is InChI=1S/C14H14N2O4S/c1-20-14(17)12-9-10(15)7-8-13(12)16-21(18,19)11-5-3-2-4-6-11/h2-9,16H,15H2,1H3. The number of esters is 1. The smallest absolute Gasteiger partial charge is 0.340 e. The first-order valence-corrected chi connectivity index (χ1v) is 7.48. The zero-order chi connectivity index (χ0) is 15.5. The van der Waals surface area contributed by atoms with Gasteiger partial charge in [-0.05, 0) is 30.3 Å². The number of carbonyl (C=O) groups excluding carboxylic acids is 1. The summed E-state index contributed by atoms with van der Waals surface area (Å²) in [4.78, 5) is 11.8. The minimum absolute atomic E-state index is 0.0528. The van der Waals surface area contributed by atoms with Crippen LogP contribution in [0.15, 0.2) is 53.4 Å². The maximum atomic E-state index is 12.3. The van der Waals surface area contributed by atoms with Crippen molar-refractivity contribution in [3.8, 4) is 0 Å². The molecular weight excluding hydrogens is 292 g/mol. The van der Waals surface area contributed by atoms with Crippen LogP contribution in [0, 0.1) is 0 Å². The van der Waals surface area contributed by atoms with Crippen molar-refractivity contribution in [3.05, 3.63) is 54.1 Å². The number of hydrogen-bond donors (Lipinski definition) is 2. The molecule has 0 saturated heterocycles. The lowest BCUT2D eigenvalue weighted by molar-refractivity contribution is 0.0602. The second kappa shape index (κ2) is 5.84. The third kappa shape index (κ3) is 3.32. The van der Waals surface area contributed by atoms with Crippen LogP contribution >= 0.6 is 0 Å². The molecule has 0 aliphatic carbocycles. The van der Waals surface area contributed by atoms with Crippen molar-refractivity contribution in [1.29, 1.82) is 0 Å². The average molecular weight is 306 g/mol. The number of carbonyl (C=O) groups is 1. The quantitative estimate of drug-likeness (QED) is 0.663. The molecule has 0 unspecified atom stereocenters. The maximum Gasteiger partial charge on any atom is 0.340 e. The van der Waals surface area contributed by atoms with Crippen LogP contribution in [0.3, 0.4) is 0 Å². The molecule has 2 aromatic rings. The lowest BCUT2D eigenvalue weighted by atomic mass is 10.1. The minimum atomic E-state index is -3.79. The summed E-state index contributed by atoms with van der Waals surface area (Å²) < 4.78 is 31.5. The van der Waals surface area contributed by atoms with Crippen molar-refractivity contribution >= 4 is 27.4 Å². The number of methoxy groups -OCH3 is 1. The van der Waals surface area contributed by atoms with E-state index in [-0.39, 0.29) is 16.1 Å². The highest BCUT2D eigenvalue weighted by Gasteiger charge is 2.19. The number of benzene rings is 2. The molecule has 0 heterocycles. The van der Waals surface area contributed by atoms with Crippen LogP contribution in [0.25, 0.3) is 0 Å². The number of ether oxygens (including phenoxy) is 1. The fourth-order valence-electron chi connectivity index (χ4n) is 1.73. The Hall–Kier alpha value is -2.54. The monoisotopic (exact) mass is 306 g/mol. The first kappa shape index (κ1) is 14.9. The highest BCUT2D eigenvalue weighted by Crippen LogP contribution is 2.23. The van der Waals surface area contributed by atoms with Crippen molar-refractivity contribution in [3.63, 3.8) is 0 Å². The van der Waals surface area contributed by atoms with Crippen LogP contribution in [0.2, 0.25) is 0 Å². The highest BCUT2D eigenvalue weighted by molar-refractivity contribution is 7.92. The second-order valence-corrected chi connectivity index (χ2v) is 5.90. The van der Waals surface area contributed by atoms with Gasteiger partial charge >= 0.3 is 5.97 Å². The van der Waals surface area contributed by atoms with Crippen LogP contribution in [-0.4, -0.2) is 21.5 Å². The van der Waals surface area contributed by atoms with Crippen LogP contribution in [0.4, 0.5) is 11.4 Å². The van der Waals surface area contributed by atoms with E-state index < -0.39 is 16.0 Å². The van der Waals surface area contributed by atoms with Crippen LogP contribution in [-0.2, 0) is 14.8 Å². The number of anilines is 2. The van der Waals surface area contributed by atoms with Crippen molar-refractivity contribution in [2.45, 2.75) is 4.90 Å². The molecule has 0 aliphatic rings. The summed E-state index contributed by atoms with van der Waals surface area (Å²) >= 11 is 0. The average Bonchev–Trinajstić information content (AvgIpc) is 2.49. The summed E-state index contributed by atoms with van der Waals surface area (Å²) in [6, 6.07) is 12.1. The van der Waals surface area contributed by atoms with Crippen LogP contribution in [0.5, 0.6) is 0 Å². The fourth-order valence-corrected chi connectivity index (χ4v) is 2.83. The Morgan fingerprint density at radius 2 is 1.81 bits per heavy atom. The molecule has 0 amide bonds. The molecule has 0 aromatic heterocycles. The molecule has 3 N–H and O–H groups in total. The molecule has 0 saturated carbocycles. The first-order valence-electron chi connectivity index (χ1n) is 6.00. The Morgan fingerprint density at radius 3 is 2.43 bits per heavy atom. The zero-order valence-corrected chi connectivity index (χ0v) is 12.1. The van der Waals surface area contributed by atoms with Gasteiger partial charge in [0.05, 0.1) is 23.3 Å². The van der Waals surface area contributed by atoms with Gasteiger partial charge < -0.3 is 10.5 Å². The highest BCUT2D eigenvalue weighted by atomic mass is 32.2. The molecule has 0 fully saturated rings. The summed E-state index contributed by atoms with van der Waals surface area (Å²) in [7, 11) is -2.58. The lowest BCUT2D eigenvalue weighted by Gasteiger charge is -2.12. The van der Waals surface area contributed by atoms with E-state index in [1.165, 1.54) is 37.4 Å². The van der Waals surface area contributed by atoms with E-state index in [4.69, 9.17) is 5.73 Å². The molecule has 110 valence electrons. The lowest BCUT2D eigenvalue weighted by Crippen LogP contribution is -2.16. The third-order valence-electron chi connectivity index (χ3n) is 2.75. The molecule has 2 rings (SSSR count).